The van der Waals surface area contributed by atoms with Gasteiger partial charge in [0.15, 0.2) is 0 Å². The van der Waals surface area contributed by atoms with Gasteiger partial charge >= 0.3 is 6.03 Å². The van der Waals surface area contributed by atoms with Gasteiger partial charge in [-0.1, -0.05) is 18.0 Å². The fourth-order valence-corrected chi connectivity index (χ4v) is 3.91. The highest BCUT2D eigenvalue weighted by molar-refractivity contribution is 7.16. The van der Waals surface area contributed by atoms with E-state index >= 15 is 0 Å². The van der Waals surface area contributed by atoms with Gasteiger partial charge in [0.05, 0.1) is 10.9 Å². The number of rotatable bonds is 7. The van der Waals surface area contributed by atoms with Crippen LogP contribution in [0.25, 0.3) is 0 Å². The van der Waals surface area contributed by atoms with Crippen LogP contribution < -0.4 is 5.32 Å². The Kier molecular flexibility index (Phi) is 7.85. The molecule has 1 aromatic rings. The third-order valence-corrected chi connectivity index (χ3v) is 5.41. The first-order chi connectivity index (χ1) is 11.6. The molecule has 3 amide bonds. The predicted molar refractivity (Wildman–Crippen MR) is 98.5 cm³/mol. The zero-order valence-corrected chi connectivity index (χ0v) is 15.8. The molecule has 0 atom stereocenters. The maximum absolute atomic E-state index is 12.3. The van der Waals surface area contributed by atoms with E-state index in [4.69, 9.17) is 11.6 Å². The number of nitrogens with zero attached hydrogens (tertiary/aromatic N) is 2. The quantitative estimate of drug-likeness (QED) is 0.742. The summed E-state index contributed by atoms with van der Waals surface area (Å²) < 4.78 is 0.739. The van der Waals surface area contributed by atoms with Crippen molar-refractivity contribution >= 4 is 34.9 Å². The zero-order chi connectivity index (χ0) is 17.4. The number of amides is 3. The van der Waals surface area contributed by atoms with Crippen LogP contribution in [0.4, 0.5) is 4.79 Å². The van der Waals surface area contributed by atoms with Crippen molar-refractivity contribution in [3.8, 4) is 0 Å². The van der Waals surface area contributed by atoms with Crippen LogP contribution in [0.3, 0.4) is 0 Å². The monoisotopic (exact) mass is 371 g/mol. The molecule has 1 N–H and O–H groups in total. The summed E-state index contributed by atoms with van der Waals surface area (Å²) in [4.78, 5) is 29.0. The molecule has 1 fully saturated rings. The second-order valence-corrected chi connectivity index (χ2v) is 7.80. The van der Waals surface area contributed by atoms with E-state index in [0.717, 1.165) is 48.0 Å². The molecule has 7 heteroatoms. The highest BCUT2D eigenvalue weighted by Crippen LogP contribution is 2.22. The van der Waals surface area contributed by atoms with E-state index in [1.54, 1.807) is 4.90 Å². The van der Waals surface area contributed by atoms with Gasteiger partial charge in [0.1, 0.15) is 0 Å². The molecule has 5 nitrogen and oxygen atoms in total. The molecule has 24 heavy (non-hydrogen) atoms. The van der Waals surface area contributed by atoms with E-state index in [0.29, 0.717) is 26.1 Å². The number of hydrogen-bond donors (Lipinski definition) is 1. The Bertz CT molecular complexity index is 550. The van der Waals surface area contributed by atoms with Gasteiger partial charge in [0.2, 0.25) is 5.91 Å². The Morgan fingerprint density at radius 1 is 1.38 bits per heavy atom. The van der Waals surface area contributed by atoms with Crippen LogP contribution in [0, 0.1) is 0 Å². The van der Waals surface area contributed by atoms with Crippen molar-refractivity contribution in [2.75, 3.05) is 26.2 Å². The van der Waals surface area contributed by atoms with Crippen molar-refractivity contribution in [1.29, 1.82) is 0 Å². The Hall–Kier alpha value is -1.27. The molecule has 0 saturated carbocycles. The molecular weight excluding hydrogens is 346 g/mol. The molecule has 2 heterocycles. The van der Waals surface area contributed by atoms with Crippen molar-refractivity contribution < 1.29 is 9.59 Å². The number of halogens is 1. The first-order valence-electron chi connectivity index (χ1n) is 8.65. The highest BCUT2D eigenvalue weighted by Gasteiger charge is 2.16. The van der Waals surface area contributed by atoms with E-state index in [9.17, 15) is 9.59 Å². The van der Waals surface area contributed by atoms with Crippen LogP contribution in [0.1, 0.15) is 43.9 Å². The van der Waals surface area contributed by atoms with Crippen LogP contribution in [-0.4, -0.2) is 47.9 Å². The molecule has 1 saturated heterocycles. The first kappa shape index (κ1) is 19.1. The first-order valence-corrected chi connectivity index (χ1v) is 9.84. The fraction of sp³-hybridized carbons (Fsp3) is 0.647. The molecule has 0 bridgehead atoms. The molecule has 0 aromatic carbocycles. The van der Waals surface area contributed by atoms with Crippen molar-refractivity contribution in [1.82, 2.24) is 15.1 Å². The lowest BCUT2D eigenvalue weighted by molar-refractivity contribution is -0.130. The standard InChI is InChI=1S/C17H26ClN3O2S/c1-2-20(13-14-8-9-15(18)24-14)17(23)19-10-6-12-21-11-5-3-4-7-16(21)22/h8-9H,2-7,10-13H2,1H3,(H,19,23). The minimum absolute atomic E-state index is 0.0655. The number of urea groups is 1. The molecule has 0 radical (unpaired) electrons. The third-order valence-electron chi connectivity index (χ3n) is 4.20. The number of hydrogen-bond acceptors (Lipinski definition) is 3. The molecule has 0 aliphatic carbocycles. The molecule has 0 unspecified atom stereocenters. The second-order valence-electron chi connectivity index (χ2n) is 6.00. The van der Waals surface area contributed by atoms with E-state index < -0.39 is 0 Å². The Balaban J connectivity index is 1.70. The van der Waals surface area contributed by atoms with E-state index in [1.165, 1.54) is 11.3 Å². The summed E-state index contributed by atoms with van der Waals surface area (Å²) >= 11 is 7.43. The lowest BCUT2D eigenvalue weighted by atomic mass is 10.2. The number of likely N-dealkylation sites (tertiary alicyclic amines) is 1. The summed E-state index contributed by atoms with van der Waals surface area (Å²) in [5.74, 6) is 0.253. The maximum atomic E-state index is 12.3. The average Bonchev–Trinajstić information content (AvgIpc) is 2.87. The normalized spacial score (nSPS) is 15.2. The van der Waals surface area contributed by atoms with Gasteiger partial charge in [-0.25, -0.2) is 4.79 Å². The topological polar surface area (TPSA) is 52.7 Å². The van der Waals surface area contributed by atoms with Crippen LogP contribution >= 0.6 is 22.9 Å². The van der Waals surface area contributed by atoms with Crippen molar-refractivity contribution in [2.24, 2.45) is 0 Å². The largest absolute Gasteiger partial charge is 0.343 e. The van der Waals surface area contributed by atoms with Gasteiger partial charge in [-0.2, -0.15) is 0 Å². The minimum Gasteiger partial charge on any atom is -0.343 e. The second kappa shape index (κ2) is 9.89. The lowest BCUT2D eigenvalue weighted by Crippen LogP contribution is -2.40. The van der Waals surface area contributed by atoms with Gasteiger partial charge < -0.3 is 15.1 Å². The van der Waals surface area contributed by atoms with Gasteiger partial charge in [0.25, 0.3) is 0 Å². The van der Waals surface area contributed by atoms with Crippen LogP contribution in [0.5, 0.6) is 0 Å². The van der Waals surface area contributed by atoms with E-state index in [1.807, 2.05) is 24.0 Å². The Morgan fingerprint density at radius 2 is 2.21 bits per heavy atom. The van der Waals surface area contributed by atoms with Gasteiger partial charge in [-0.3, -0.25) is 4.79 Å². The van der Waals surface area contributed by atoms with Crippen molar-refractivity contribution in [2.45, 2.75) is 45.6 Å². The summed E-state index contributed by atoms with van der Waals surface area (Å²) in [7, 11) is 0. The smallest absolute Gasteiger partial charge is 0.317 e. The number of carbonyl (C=O) groups is 2. The molecular formula is C17H26ClN3O2S. The van der Waals surface area contributed by atoms with Crippen LogP contribution in [0.15, 0.2) is 12.1 Å². The molecule has 1 aliphatic rings. The van der Waals surface area contributed by atoms with Gasteiger partial charge in [-0.05, 0) is 38.3 Å². The molecule has 2 rings (SSSR count). The summed E-state index contributed by atoms with van der Waals surface area (Å²) in [5, 5.41) is 2.95. The highest BCUT2D eigenvalue weighted by atomic mass is 35.5. The number of nitrogens with one attached hydrogen (secondary N) is 1. The lowest BCUT2D eigenvalue weighted by Gasteiger charge is -2.22. The van der Waals surface area contributed by atoms with Crippen LogP contribution in [-0.2, 0) is 11.3 Å². The molecule has 0 spiro atoms. The summed E-state index contributed by atoms with van der Waals surface area (Å²) in [6, 6.07) is 3.74. The Labute approximate surface area is 153 Å². The SMILES string of the molecule is CCN(Cc1ccc(Cl)s1)C(=O)NCCCN1CCCCCC1=O. The maximum Gasteiger partial charge on any atom is 0.317 e. The number of carbonyl (C=O) groups excluding carboxylic acids is 2. The molecule has 1 aliphatic heterocycles. The zero-order valence-electron chi connectivity index (χ0n) is 14.2. The predicted octanol–water partition coefficient (Wildman–Crippen LogP) is 3.73. The Morgan fingerprint density at radius 3 is 2.92 bits per heavy atom. The summed E-state index contributed by atoms with van der Waals surface area (Å²) in [5.41, 5.74) is 0. The van der Waals surface area contributed by atoms with E-state index in [2.05, 4.69) is 5.32 Å². The molecule has 1 aromatic heterocycles. The minimum atomic E-state index is -0.0655. The van der Waals surface area contributed by atoms with Crippen LogP contribution in [0.2, 0.25) is 4.34 Å². The number of thiophene rings is 1. The van der Waals surface area contributed by atoms with Crippen molar-refractivity contribution in [3.63, 3.8) is 0 Å². The fourth-order valence-electron chi connectivity index (χ4n) is 2.80. The molecule has 134 valence electrons. The third kappa shape index (κ3) is 5.98. The summed E-state index contributed by atoms with van der Waals surface area (Å²) in [6.45, 7) is 5.35. The van der Waals surface area contributed by atoms with Gasteiger partial charge in [0, 0.05) is 37.5 Å². The average molecular weight is 372 g/mol. The summed E-state index contributed by atoms with van der Waals surface area (Å²) in [6.07, 6.45) is 4.69. The van der Waals surface area contributed by atoms with Crippen molar-refractivity contribution in [3.05, 3.63) is 21.3 Å². The van der Waals surface area contributed by atoms with E-state index in [-0.39, 0.29) is 11.9 Å². The van der Waals surface area contributed by atoms with Gasteiger partial charge in [-0.15, -0.1) is 11.3 Å².